The fourth-order valence-corrected chi connectivity index (χ4v) is 3.61. The molecule has 2 saturated heterocycles. The highest BCUT2D eigenvalue weighted by Gasteiger charge is 2.58. The summed E-state index contributed by atoms with van der Waals surface area (Å²) in [4.78, 5) is 23.7. The Hall–Kier alpha value is -1.62. The number of fused-ring (bicyclic) bond motifs is 4. The Morgan fingerprint density at radius 2 is 2.10 bits per heavy atom. The van der Waals surface area contributed by atoms with Crippen LogP contribution in [0.15, 0.2) is 23.8 Å². The Labute approximate surface area is 116 Å². The van der Waals surface area contributed by atoms with Gasteiger partial charge >= 0.3 is 11.9 Å². The maximum atomic E-state index is 11.9. The number of hydrogen-bond acceptors (Lipinski definition) is 5. The van der Waals surface area contributed by atoms with Gasteiger partial charge in [0.25, 0.3) is 0 Å². The van der Waals surface area contributed by atoms with E-state index >= 15 is 0 Å². The first-order chi connectivity index (χ1) is 9.48. The minimum absolute atomic E-state index is 0.126. The van der Waals surface area contributed by atoms with E-state index in [0.717, 1.165) is 6.42 Å². The summed E-state index contributed by atoms with van der Waals surface area (Å²) in [6, 6.07) is 0. The van der Waals surface area contributed by atoms with Gasteiger partial charge in [0.05, 0.1) is 17.6 Å². The lowest BCUT2D eigenvalue weighted by molar-refractivity contribution is -0.143. The predicted molar refractivity (Wildman–Crippen MR) is 67.6 cm³/mol. The summed E-state index contributed by atoms with van der Waals surface area (Å²) in [5, 5.41) is 0. The molecule has 3 aliphatic heterocycles. The van der Waals surface area contributed by atoms with Crippen LogP contribution >= 0.6 is 0 Å². The van der Waals surface area contributed by atoms with Crippen molar-refractivity contribution in [2.24, 2.45) is 5.92 Å². The number of epoxide rings is 1. The van der Waals surface area contributed by atoms with E-state index in [-0.39, 0.29) is 29.7 Å². The first kappa shape index (κ1) is 12.1. The van der Waals surface area contributed by atoms with Crippen LogP contribution in [-0.2, 0) is 23.8 Å². The quantitative estimate of drug-likeness (QED) is 0.379. The molecule has 0 aromatic heterocycles. The number of carbonyl (C=O) groups is 2. The van der Waals surface area contributed by atoms with E-state index in [0.29, 0.717) is 24.0 Å². The summed E-state index contributed by atoms with van der Waals surface area (Å²) in [6.07, 6.45) is 3.30. The second kappa shape index (κ2) is 3.73. The molecule has 0 saturated carbocycles. The first-order valence-electron chi connectivity index (χ1n) is 6.97. The molecule has 5 nitrogen and oxygen atoms in total. The molecule has 2 fully saturated rings. The van der Waals surface area contributed by atoms with E-state index in [1.165, 1.54) is 0 Å². The van der Waals surface area contributed by atoms with Crippen molar-refractivity contribution in [1.82, 2.24) is 0 Å². The number of carbonyl (C=O) groups excluding carboxylic acids is 2. The van der Waals surface area contributed by atoms with Crippen molar-refractivity contribution in [2.75, 3.05) is 0 Å². The molecule has 0 spiro atoms. The molecule has 5 heteroatoms. The number of esters is 2. The van der Waals surface area contributed by atoms with Crippen molar-refractivity contribution in [3.8, 4) is 0 Å². The molecule has 4 aliphatic rings. The van der Waals surface area contributed by atoms with Gasteiger partial charge in [-0.2, -0.15) is 0 Å². The molecule has 0 aromatic rings. The molecule has 2 unspecified atom stereocenters. The fraction of sp³-hybridized carbons (Fsp3) is 0.600. The van der Waals surface area contributed by atoms with Crippen LogP contribution in [0.1, 0.15) is 26.2 Å². The van der Waals surface area contributed by atoms with Crippen molar-refractivity contribution < 1.29 is 23.8 Å². The third-order valence-corrected chi connectivity index (χ3v) is 4.87. The second-order valence-corrected chi connectivity index (χ2v) is 6.22. The monoisotopic (exact) mass is 276 g/mol. The van der Waals surface area contributed by atoms with Gasteiger partial charge < -0.3 is 14.2 Å². The summed E-state index contributed by atoms with van der Waals surface area (Å²) < 4.78 is 16.6. The molecule has 106 valence electrons. The summed E-state index contributed by atoms with van der Waals surface area (Å²) >= 11 is 0. The van der Waals surface area contributed by atoms with Crippen LogP contribution in [0.4, 0.5) is 0 Å². The van der Waals surface area contributed by atoms with E-state index in [2.05, 4.69) is 6.58 Å². The van der Waals surface area contributed by atoms with Crippen molar-refractivity contribution in [1.29, 1.82) is 0 Å². The second-order valence-electron chi connectivity index (χ2n) is 6.22. The van der Waals surface area contributed by atoms with Crippen LogP contribution in [-0.4, -0.2) is 35.9 Å². The Kier molecular flexibility index (Phi) is 2.26. The largest absolute Gasteiger partial charge is 0.458 e. The van der Waals surface area contributed by atoms with E-state index in [4.69, 9.17) is 14.2 Å². The molecular formula is C15H16O5. The molecule has 0 radical (unpaired) electrons. The van der Waals surface area contributed by atoms with Crippen molar-refractivity contribution in [2.45, 2.75) is 50.1 Å². The summed E-state index contributed by atoms with van der Waals surface area (Å²) in [7, 11) is 0. The Morgan fingerprint density at radius 1 is 1.30 bits per heavy atom. The van der Waals surface area contributed by atoms with Crippen molar-refractivity contribution >= 4 is 11.9 Å². The Morgan fingerprint density at radius 3 is 2.90 bits per heavy atom. The number of hydrogen-bond donors (Lipinski definition) is 0. The van der Waals surface area contributed by atoms with Crippen LogP contribution in [0.2, 0.25) is 0 Å². The minimum atomic E-state index is -0.430. The molecular weight excluding hydrogens is 260 g/mol. The van der Waals surface area contributed by atoms with Crippen molar-refractivity contribution in [3.05, 3.63) is 23.8 Å². The van der Waals surface area contributed by atoms with E-state index in [9.17, 15) is 9.59 Å². The smallest absolute Gasteiger partial charge is 0.334 e. The first-order valence-corrected chi connectivity index (χ1v) is 6.97. The van der Waals surface area contributed by atoms with Crippen LogP contribution < -0.4 is 0 Å². The molecule has 20 heavy (non-hydrogen) atoms. The Balaban J connectivity index is 1.73. The molecule has 0 aromatic carbocycles. The zero-order valence-electron chi connectivity index (χ0n) is 11.3. The summed E-state index contributed by atoms with van der Waals surface area (Å²) in [5.41, 5.74) is 0.820. The minimum Gasteiger partial charge on any atom is -0.458 e. The average Bonchev–Trinajstić information content (AvgIpc) is 2.74. The normalized spacial score (nSPS) is 46.0. The highest BCUT2D eigenvalue weighted by atomic mass is 16.6. The standard InChI is InChI=1S/C15H16O5/c1-7-12-9-5-8(14(17)18-9)3-4-11-15(2,20-11)6-10(12)19-13(7)16/h5,9-12H,1,3-4,6H2,2H3/t9?,10-,11?,12-,15-/m0/s1. The molecule has 4 rings (SSSR count). The van der Waals surface area contributed by atoms with Gasteiger partial charge in [-0.15, -0.1) is 0 Å². The van der Waals surface area contributed by atoms with Gasteiger partial charge in [-0.3, -0.25) is 0 Å². The molecule has 3 heterocycles. The summed E-state index contributed by atoms with van der Waals surface area (Å²) in [5.74, 6) is -0.966. The number of ether oxygens (including phenoxy) is 3. The van der Waals surface area contributed by atoms with Gasteiger partial charge in [0, 0.05) is 17.6 Å². The predicted octanol–water partition coefficient (Wildman–Crippen LogP) is 1.28. The maximum Gasteiger partial charge on any atom is 0.334 e. The van der Waals surface area contributed by atoms with Gasteiger partial charge in [0.1, 0.15) is 12.2 Å². The van der Waals surface area contributed by atoms with Crippen molar-refractivity contribution in [3.63, 3.8) is 0 Å². The zero-order valence-corrected chi connectivity index (χ0v) is 11.3. The molecule has 0 amide bonds. The van der Waals surface area contributed by atoms with Crippen LogP contribution in [0.3, 0.4) is 0 Å². The van der Waals surface area contributed by atoms with Gasteiger partial charge in [-0.05, 0) is 25.8 Å². The molecule has 5 atom stereocenters. The molecule has 0 N–H and O–H groups in total. The van der Waals surface area contributed by atoms with Gasteiger partial charge in [-0.25, -0.2) is 9.59 Å². The van der Waals surface area contributed by atoms with Gasteiger partial charge in [-0.1, -0.05) is 6.58 Å². The third kappa shape index (κ3) is 1.59. The lowest BCUT2D eigenvalue weighted by atomic mass is 9.83. The van der Waals surface area contributed by atoms with Gasteiger partial charge in [0.2, 0.25) is 0 Å². The van der Waals surface area contributed by atoms with E-state index < -0.39 is 12.1 Å². The molecule has 2 bridgehead atoms. The Bertz CT molecular complexity index is 563. The van der Waals surface area contributed by atoms with Gasteiger partial charge in [0.15, 0.2) is 0 Å². The number of rotatable bonds is 0. The highest BCUT2D eigenvalue weighted by molar-refractivity contribution is 5.93. The lowest BCUT2D eigenvalue weighted by Crippen LogP contribution is -2.32. The lowest BCUT2D eigenvalue weighted by Gasteiger charge is -2.23. The van der Waals surface area contributed by atoms with Crippen LogP contribution in [0, 0.1) is 5.92 Å². The summed E-state index contributed by atoms with van der Waals surface area (Å²) in [6.45, 7) is 5.85. The third-order valence-electron chi connectivity index (χ3n) is 4.87. The van der Waals surface area contributed by atoms with E-state index in [1.807, 2.05) is 13.0 Å². The SMILES string of the molecule is C=C1C(=O)O[C@H]2C[C@]3(C)OC3CCC3=CC(OC3=O)[C@H]12. The fourth-order valence-electron chi connectivity index (χ4n) is 3.61. The highest BCUT2D eigenvalue weighted by Crippen LogP contribution is 2.49. The van der Waals surface area contributed by atoms with E-state index in [1.54, 1.807) is 0 Å². The maximum absolute atomic E-state index is 11.9. The topological polar surface area (TPSA) is 65.1 Å². The van der Waals surface area contributed by atoms with Crippen LogP contribution in [0.25, 0.3) is 0 Å². The van der Waals surface area contributed by atoms with Crippen LogP contribution in [0.5, 0.6) is 0 Å². The molecule has 1 aliphatic carbocycles. The average molecular weight is 276 g/mol. The zero-order chi connectivity index (χ0) is 14.1.